The first-order valence-corrected chi connectivity index (χ1v) is 12.3. The van der Waals surface area contributed by atoms with Crippen molar-refractivity contribution in [2.24, 2.45) is 0 Å². The molecular formula is C25H29N3O5S. The molecule has 1 aromatic heterocycles. The summed E-state index contributed by atoms with van der Waals surface area (Å²) in [6, 6.07) is 11.4. The molecule has 2 aliphatic heterocycles. The summed E-state index contributed by atoms with van der Waals surface area (Å²) in [6.07, 6.45) is -1.20. The number of thiazole rings is 1. The number of aromatic nitrogens is 1. The molecule has 2 aromatic carbocycles. The van der Waals surface area contributed by atoms with Crippen LogP contribution in [0.2, 0.25) is 0 Å². The van der Waals surface area contributed by atoms with Crippen LogP contribution >= 0.6 is 11.3 Å². The van der Waals surface area contributed by atoms with Gasteiger partial charge >= 0.3 is 0 Å². The van der Waals surface area contributed by atoms with Crippen LogP contribution in [-0.2, 0) is 9.53 Å². The molecule has 8 nitrogen and oxygen atoms in total. The van der Waals surface area contributed by atoms with Crippen molar-refractivity contribution in [1.29, 1.82) is 0 Å². The van der Waals surface area contributed by atoms with Gasteiger partial charge in [-0.15, -0.1) is 0 Å². The third-order valence-corrected chi connectivity index (χ3v) is 7.45. The first-order chi connectivity index (χ1) is 16.5. The molecule has 1 amide bonds. The van der Waals surface area contributed by atoms with E-state index >= 15 is 0 Å². The van der Waals surface area contributed by atoms with Gasteiger partial charge in [-0.3, -0.25) is 14.6 Å². The summed E-state index contributed by atoms with van der Waals surface area (Å²) in [5.74, 6) is 1.77. The zero-order valence-electron chi connectivity index (χ0n) is 19.7. The van der Waals surface area contributed by atoms with Crippen molar-refractivity contribution >= 4 is 32.6 Å². The summed E-state index contributed by atoms with van der Waals surface area (Å²) in [7, 11) is 1.64. The number of carbonyl (C=O) groups is 1. The van der Waals surface area contributed by atoms with Crippen LogP contribution < -0.4 is 19.1 Å². The summed E-state index contributed by atoms with van der Waals surface area (Å²) in [5, 5.41) is 0.635. The van der Waals surface area contributed by atoms with E-state index in [1.54, 1.807) is 12.0 Å². The van der Waals surface area contributed by atoms with Crippen molar-refractivity contribution in [3.8, 4) is 17.2 Å². The fourth-order valence-corrected chi connectivity index (χ4v) is 5.37. The van der Waals surface area contributed by atoms with E-state index < -0.39 is 12.2 Å². The van der Waals surface area contributed by atoms with E-state index in [0.717, 1.165) is 35.4 Å². The topological polar surface area (TPSA) is 73.4 Å². The van der Waals surface area contributed by atoms with E-state index in [4.69, 9.17) is 23.9 Å². The highest BCUT2D eigenvalue weighted by molar-refractivity contribution is 7.22. The van der Waals surface area contributed by atoms with Crippen LogP contribution in [0, 0.1) is 6.92 Å². The summed E-state index contributed by atoms with van der Waals surface area (Å²) in [5.41, 5.74) is 1.87. The molecule has 3 heterocycles. The van der Waals surface area contributed by atoms with Crippen LogP contribution in [0.5, 0.6) is 17.2 Å². The molecule has 9 heteroatoms. The Bertz CT molecular complexity index is 1180. The lowest BCUT2D eigenvalue weighted by Gasteiger charge is -2.34. The number of methoxy groups -OCH3 is 1. The molecule has 34 heavy (non-hydrogen) atoms. The minimum absolute atomic E-state index is 0.161. The smallest absolute Gasteiger partial charge is 0.273 e. The maximum absolute atomic E-state index is 13.9. The van der Waals surface area contributed by atoms with Crippen molar-refractivity contribution in [2.45, 2.75) is 26.1 Å². The predicted octanol–water partition coefficient (Wildman–Crippen LogP) is 3.51. The highest BCUT2D eigenvalue weighted by Crippen LogP contribution is 2.38. The lowest BCUT2D eigenvalue weighted by atomic mass is 10.1. The molecule has 0 unspecified atom stereocenters. The van der Waals surface area contributed by atoms with Crippen molar-refractivity contribution in [3.05, 3.63) is 42.0 Å². The number of benzene rings is 2. The minimum Gasteiger partial charge on any atom is -0.494 e. The average molecular weight is 484 g/mol. The van der Waals surface area contributed by atoms with Gasteiger partial charge in [0.15, 0.2) is 16.6 Å². The molecule has 0 saturated carbocycles. The molecule has 0 radical (unpaired) electrons. The average Bonchev–Trinajstić information content (AvgIpc) is 3.30. The van der Waals surface area contributed by atoms with Gasteiger partial charge in [0.05, 0.1) is 25.0 Å². The van der Waals surface area contributed by atoms with Crippen molar-refractivity contribution in [1.82, 2.24) is 9.88 Å². The van der Waals surface area contributed by atoms with E-state index in [9.17, 15) is 4.79 Å². The summed E-state index contributed by atoms with van der Waals surface area (Å²) in [4.78, 5) is 22.8. The van der Waals surface area contributed by atoms with Gasteiger partial charge in [-0.05, 0) is 37.6 Å². The van der Waals surface area contributed by atoms with Crippen molar-refractivity contribution < 1.29 is 23.7 Å². The number of para-hydroxylation sites is 2. The van der Waals surface area contributed by atoms with Crippen LogP contribution in [0.25, 0.3) is 10.2 Å². The summed E-state index contributed by atoms with van der Waals surface area (Å²) < 4.78 is 24.2. The van der Waals surface area contributed by atoms with Gasteiger partial charge in [0.1, 0.15) is 17.4 Å². The van der Waals surface area contributed by atoms with Gasteiger partial charge in [-0.2, -0.15) is 0 Å². The second kappa shape index (κ2) is 9.77. The largest absolute Gasteiger partial charge is 0.494 e. The molecule has 1 fully saturated rings. The molecule has 0 spiro atoms. The Kier molecular flexibility index (Phi) is 6.58. The Morgan fingerprint density at radius 3 is 2.65 bits per heavy atom. The number of aryl methyl sites for hydroxylation is 1. The number of nitrogens with zero attached hydrogens (tertiary/aromatic N) is 3. The molecule has 5 rings (SSSR count). The number of anilines is 1. The Balaban J connectivity index is 1.47. The van der Waals surface area contributed by atoms with E-state index in [1.165, 1.54) is 11.3 Å². The molecule has 180 valence electrons. The van der Waals surface area contributed by atoms with Crippen LogP contribution in [0.3, 0.4) is 0 Å². The Morgan fingerprint density at radius 2 is 1.91 bits per heavy atom. The number of amides is 1. The number of fused-ring (bicyclic) bond motifs is 2. The molecule has 2 atom stereocenters. The van der Waals surface area contributed by atoms with Crippen LogP contribution in [0.1, 0.15) is 12.5 Å². The second-order valence-corrected chi connectivity index (χ2v) is 9.49. The van der Waals surface area contributed by atoms with Gasteiger partial charge in [0.25, 0.3) is 5.91 Å². The molecule has 0 N–H and O–H groups in total. The third kappa shape index (κ3) is 4.43. The number of hydrogen-bond acceptors (Lipinski definition) is 8. The van der Waals surface area contributed by atoms with E-state index in [0.29, 0.717) is 42.1 Å². The first-order valence-electron chi connectivity index (χ1n) is 11.5. The van der Waals surface area contributed by atoms with Crippen LogP contribution in [0.4, 0.5) is 5.13 Å². The second-order valence-electron chi connectivity index (χ2n) is 8.51. The monoisotopic (exact) mass is 483 g/mol. The molecule has 3 aromatic rings. The number of carbonyl (C=O) groups excluding carboxylic acids is 1. The van der Waals surface area contributed by atoms with Crippen LogP contribution in [0.15, 0.2) is 36.4 Å². The summed E-state index contributed by atoms with van der Waals surface area (Å²) >= 11 is 1.50. The fourth-order valence-electron chi connectivity index (χ4n) is 4.29. The number of ether oxygens (including phenoxy) is 4. The minimum atomic E-state index is -0.769. The maximum atomic E-state index is 13.9. The van der Waals surface area contributed by atoms with Gasteiger partial charge in [-0.1, -0.05) is 29.5 Å². The van der Waals surface area contributed by atoms with Gasteiger partial charge in [-0.25, -0.2) is 4.98 Å². The molecule has 0 bridgehead atoms. The third-order valence-electron chi connectivity index (χ3n) is 6.24. The number of rotatable bonds is 6. The number of hydrogen-bond donors (Lipinski definition) is 0. The quantitative estimate of drug-likeness (QED) is 0.531. The van der Waals surface area contributed by atoms with E-state index in [1.807, 2.05) is 50.2 Å². The van der Waals surface area contributed by atoms with Crippen LogP contribution in [-0.4, -0.2) is 74.5 Å². The van der Waals surface area contributed by atoms with Crippen molar-refractivity contribution in [3.63, 3.8) is 0 Å². The highest BCUT2D eigenvalue weighted by atomic mass is 32.1. The van der Waals surface area contributed by atoms with E-state index in [-0.39, 0.29) is 5.91 Å². The normalized spacial score (nSPS) is 20.3. The SMILES string of the molecule is COc1ccc(C)c2sc(N(CCN3CCOCC3)C(=O)[C@H]3Oc4ccccc4O[C@@H]3C)nc12. The molecule has 2 aliphatic rings. The number of morpholine rings is 1. The Labute approximate surface area is 203 Å². The first kappa shape index (κ1) is 22.9. The van der Waals surface area contributed by atoms with Gasteiger partial charge < -0.3 is 18.9 Å². The Morgan fingerprint density at radius 1 is 1.18 bits per heavy atom. The Hall–Kier alpha value is -2.88. The molecule has 0 aliphatic carbocycles. The fraction of sp³-hybridized carbons (Fsp3) is 0.440. The lowest BCUT2D eigenvalue weighted by molar-refractivity contribution is -0.130. The molecule has 1 saturated heterocycles. The predicted molar refractivity (Wildman–Crippen MR) is 131 cm³/mol. The molecular weight excluding hydrogens is 454 g/mol. The zero-order chi connectivity index (χ0) is 23.7. The highest BCUT2D eigenvalue weighted by Gasteiger charge is 2.38. The zero-order valence-corrected chi connectivity index (χ0v) is 20.5. The standard InChI is InChI=1S/C25H29N3O5S/c1-16-8-9-20(30-3)21-23(16)34-25(26-21)28(11-10-27-12-14-31-15-13-27)24(29)22-17(2)32-18-6-4-5-7-19(18)33-22/h4-9,17,22H,10-15H2,1-3H3/t17-,22+/m1/s1. The lowest BCUT2D eigenvalue weighted by Crippen LogP contribution is -2.52. The van der Waals surface area contributed by atoms with Gasteiger partial charge in [0.2, 0.25) is 6.10 Å². The van der Waals surface area contributed by atoms with E-state index in [2.05, 4.69) is 4.90 Å². The van der Waals surface area contributed by atoms with Gasteiger partial charge in [0, 0.05) is 26.2 Å². The maximum Gasteiger partial charge on any atom is 0.273 e. The van der Waals surface area contributed by atoms with Crippen molar-refractivity contribution in [2.75, 3.05) is 51.4 Å². The summed E-state index contributed by atoms with van der Waals surface area (Å²) in [6.45, 7) is 8.24.